The lowest BCUT2D eigenvalue weighted by Crippen LogP contribution is -2.30. The first-order valence-corrected chi connectivity index (χ1v) is 11.5. The van der Waals surface area contributed by atoms with Gasteiger partial charge in [0, 0.05) is 12.1 Å². The van der Waals surface area contributed by atoms with Crippen LogP contribution in [-0.2, 0) is 9.59 Å². The highest BCUT2D eigenvalue weighted by Crippen LogP contribution is 2.41. The van der Waals surface area contributed by atoms with E-state index >= 15 is 0 Å². The molecule has 0 spiro atoms. The monoisotopic (exact) mass is 471 g/mol. The first kappa shape index (κ1) is 24.6. The van der Waals surface area contributed by atoms with Gasteiger partial charge in [0.25, 0.3) is 11.7 Å². The van der Waals surface area contributed by atoms with E-state index in [9.17, 15) is 14.7 Å². The molecule has 1 aliphatic rings. The number of unbranched alkanes of at least 4 members (excludes halogenated alkanes) is 2. The lowest BCUT2D eigenvalue weighted by atomic mass is 9.95. The molecule has 1 unspecified atom stereocenters. The van der Waals surface area contributed by atoms with E-state index in [1.54, 1.807) is 17.0 Å². The molecule has 0 aromatic heterocycles. The number of amides is 1. The van der Waals surface area contributed by atoms with E-state index in [0.717, 1.165) is 19.3 Å². The first-order valence-electron chi connectivity index (χ1n) is 11.2. The van der Waals surface area contributed by atoms with Crippen molar-refractivity contribution in [3.8, 4) is 11.5 Å². The summed E-state index contributed by atoms with van der Waals surface area (Å²) in [7, 11) is 1.49. The van der Waals surface area contributed by atoms with Crippen molar-refractivity contribution in [1.29, 1.82) is 0 Å². The SMILES string of the molecule is CCCCCN1C(=O)C(=O)/C(=C(/O)c2ccc(OC)c(Cl)c2)C1c1cccc(OC(C)C)c1. The lowest BCUT2D eigenvalue weighted by molar-refractivity contribution is -0.139. The van der Waals surface area contributed by atoms with Crippen LogP contribution in [0.25, 0.3) is 5.76 Å². The van der Waals surface area contributed by atoms with Crippen molar-refractivity contribution >= 4 is 29.1 Å². The zero-order valence-electron chi connectivity index (χ0n) is 19.4. The Hall–Kier alpha value is -2.99. The number of likely N-dealkylation sites (tertiary alicyclic amines) is 1. The van der Waals surface area contributed by atoms with Gasteiger partial charge in [-0.1, -0.05) is 43.5 Å². The summed E-state index contributed by atoms with van der Waals surface area (Å²) in [6.07, 6.45) is 2.64. The minimum absolute atomic E-state index is 0.0300. The number of aliphatic hydroxyl groups is 1. The Morgan fingerprint density at radius 2 is 1.91 bits per heavy atom. The van der Waals surface area contributed by atoms with E-state index < -0.39 is 17.7 Å². The van der Waals surface area contributed by atoms with E-state index in [4.69, 9.17) is 21.1 Å². The Morgan fingerprint density at radius 3 is 2.55 bits per heavy atom. The van der Waals surface area contributed by atoms with Gasteiger partial charge in [-0.3, -0.25) is 9.59 Å². The number of rotatable bonds is 9. The van der Waals surface area contributed by atoms with E-state index in [-0.39, 0.29) is 17.4 Å². The summed E-state index contributed by atoms with van der Waals surface area (Å²) < 4.78 is 11.0. The number of nitrogens with zero attached hydrogens (tertiary/aromatic N) is 1. The Labute approximate surface area is 199 Å². The van der Waals surface area contributed by atoms with Crippen molar-refractivity contribution in [2.24, 2.45) is 0 Å². The summed E-state index contributed by atoms with van der Waals surface area (Å²) in [4.78, 5) is 27.7. The van der Waals surface area contributed by atoms with Crippen molar-refractivity contribution < 1.29 is 24.2 Å². The summed E-state index contributed by atoms with van der Waals surface area (Å²) in [5.74, 6) is -0.517. The molecule has 0 saturated carbocycles. The van der Waals surface area contributed by atoms with Crippen molar-refractivity contribution in [2.45, 2.75) is 52.2 Å². The summed E-state index contributed by atoms with van der Waals surface area (Å²) in [6.45, 7) is 6.35. The molecular weight excluding hydrogens is 442 g/mol. The molecule has 7 heteroatoms. The fourth-order valence-corrected chi connectivity index (χ4v) is 4.25. The predicted octanol–water partition coefficient (Wildman–Crippen LogP) is 5.75. The van der Waals surface area contributed by atoms with Crippen LogP contribution in [0.15, 0.2) is 48.0 Å². The highest BCUT2D eigenvalue weighted by Gasteiger charge is 2.45. The maximum Gasteiger partial charge on any atom is 0.295 e. The fourth-order valence-electron chi connectivity index (χ4n) is 3.99. The highest BCUT2D eigenvalue weighted by atomic mass is 35.5. The van der Waals surface area contributed by atoms with Crippen molar-refractivity contribution in [3.63, 3.8) is 0 Å². The van der Waals surface area contributed by atoms with Gasteiger partial charge in [-0.2, -0.15) is 0 Å². The molecule has 1 N–H and O–H groups in total. The third-order valence-electron chi connectivity index (χ3n) is 5.51. The molecule has 0 aliphatic carbocycles. The summed E-state index contributed by atoms with van der Waals surface area (Å²) in [5.41, 5.74) is 1.08. The van der Waals surface area contributed by atoms with Gasteiger partial charge >= 0.3 is 0 Å². The summed E-state index contributed by atoms with van der Waals surface area (Å²) in [5, 5.41) is 11.5. The quantitative estimate of drug-likeness (QED) is 0.218. The number of hydrogen-bond donors (Lipinski definition) is 1. The fraction of sp³-hybridized carbons (Fsp3) is 0.385. The molecule has 1 fully saturated rings. The van der Waals surface area contributed by atoms with Crippen molar-refractivity contribution in [3.05, 3.63) is 64.2 Å². The largest absolute Gasteiger partial charge is 0.507 e. The predicted molar refractivity (Wildman–Crippen MR) is 129 cm³/mol. The zero-order valence-corrected chi connectivity index (χ0v) is 20.2. The number of Topliss-reactive ketones (excluding diaryl/α,β-unsaturated/α-hetero) is 1. The Bertz CT molecular complexity index is 1060. The molecule has 1 heterocycles. The number of methoxy groups -OCH3 is 1. The molecule has 0 radical (unpaired) electrons. The summed E-state index contributed by atoms with van der Waals surface area (Å²) >= 11 is 6.24. The Morgan fingerprint density at radius 1 is 1.15 bits per heavy atom. The van der Waals surface area contributed by atoms with Crippen LogP contribution in [0, 0.1) is 0 Å². The van der Waals surface area contributed by atoms with Gasteiger partial charge in [-0.15, -0.1) is 0 Å². The third kappa shape index (κ3) is 5.33. The van der Waals surface area contributed by atoms with Crippen LogP contribution in [0.2, 0.25) is 5.02 Å². The van der Waals surface area contributed by atoms with Gasteiger partial charge in [0.1, 0.15) is 17.3 Å². The zero-order chi connectivity index (χ0) is 24.1. The molecule has 0 bridgehead atoms. The Kier molecular flexibility index (Phi) is 8.03. The second kappa shape index (κ2) is 10.8. The number of ketones is 1. The van der Waals surface area contributed by atoms with Crippen LogP contribution in [0.4, 0.5) is 0 Å². The molecule has 33 heavy (non-hydrogen) atoms. The average molecular weight is 472 g/mol. The molecule has 1 amide bonds. The molecule has 6 nitrogen and oxygen atoms in total. The van der Waals surface area contributed by atoms with Gasteiger partial charge in [0.15, 0.2) is 0 Å². The minimum atomic E-state index is -0.724. The van der Waals surface area contributed by atoms with E-state index in [2.05, 4.69) is 6.92 Å². The van der Waals surface area contributed by atoms with Gasteiger partial charge in [0.05, 0.1) is 29.9 Å². The van der Waals surface area contributed by atoms with E-state index in [1.807, 2.05) is 38.1 Å². The van der Waals surface area contributed by atoms with Crippen molar-refractivity contribution in [2.75, 3.05) is 13.7 Å². The molecule has 1 atom stereocenters. The van der Waals surface area contributed by atoms with E-state index in [0.29, 0.717) is 34.2 Å². The second-order valence-electron chi connectivity index (χ2n) is 8.29. The van der Waals surface area contributed by atoms with E-state index in [1.165, 1.54) is 13.2 Å². The highest BCUT2D eigenvalue weighted by molar-refractivity contribution is 6.46. The van der Waals surface area contributed by atoms with Gasteiger partial charge < -0.3 is 19.5 Å². The number of ether oxygens (including phenoxy) is 2. The topological polar surface area (TPSA) is 76.1 Å². The molecule has 1 aliphatic heterocycles. The normalized spacial score (nSPS) is 17.6. The van der Waals surface area contributed by atoms with Crippen LogP contribution >= 0.6 is 11.6 Å². The molecule has 3 rings (SSSR count). The van der Waals surface area contributed by atoms with Crippen LogP contribution in [0.1, 0.15) is 57.2 Å². The van der Waals surface area contributed by atoms with Gasteiger partial charge in [-0.25, -0.2) is 0 Å². The molecular formula is C26H30ClNO5. The average Bonchev–Trinajstić information content (AvgIpc) is 3.03. The van der Waals surface area contributed by atoms with Crippen LogP contribution < -0.4 is 9.47 Å². The maximum atomic E-state index is 13.1. The van der Waals surface area contributed by atoms with Gasteiger partial charge in [-0.05, 0) is 56.2 Å². The Balaban J connectivity index is 2.13. The molecule has 2 aromatic carbocycles. The molecule has 176 valence electrons. The number of aliphatic hydroxyl groups excluding tert-OH is 1. The summed E-state index contributed by atoms with van der Waals surface area (Å²) in [6, 6.07) is 11.3. The number of carbonyl (C=O) groups is 2. The van der Waals surface area contributed by atoms with Gasteiger partial charge in [0.2, 0.25) is 0 Å². The molecule has 1 saturated heterocycles. The smallest absolute Gasteiger partial charge is 0.295 e. The number of halogens is 1. The minimum Gasteiger partial charge on any atom is -0.507 e. The maximum absolute atomic E-state index is 13.1. The lowest BCUT2D eigenvalue weighted by Gasteiger charge is -2.26. The first-order chi connectivity index (χ1) is 15.8. The van der Waals surface area contributed by atoms with Crippen LogP contribution in [0.5, 0.6) is 11.5 Å². The second-order valence-corrected chi connectivity index (χ2v) is 8.70. The van der Waals surface area contributed by atoms with Crippen molar-refractivity contribution in [1.82, 2.24) is 4.90 Å². The molecule has 2 aromatic rings. The standard InChI is InChI=1S/C26H30ClNO5/c1-5-6-7-13-28-23(17-9-8-10-19(14-17)33-16(2)3)22(25(30)26(28)31)24(29)18-11-12-21(32-4)20(27)15-18/h8-12,14-16,23,29H,5-7,13H2,1-4H3/b24-22+. The van der Waals surface area contributed by atoms with Crippen LogP contribution in [-0.4, -0.2) is 41.5 Å². The van der Waals surface area contributed by atoms with Crippen LogP contribution in [0.3, 0.4) is 0 Å². The number of benzene rings is 2. The number of carbonyl (C=O) groups excluding carboxylic acids is 2. The third-order valence-corrected chi connectivity index (χ3v) is 5.81. The number of hydrogen-bond acceptors (Lipinski definition) is 5.